The van der Waals surface area contributed by atoms with Gasteiger partial charge in [0.2, 0.25) is 5.89 Å². The van der Waals surface area contributed by atoms with Crippen LogP contribution in [0, 0.1) is 0 Å². The number of aromatic nitrogens is 3. The van der Waals surface area contributed by atoms with Crippen LogP contribution in [0.15, 0.2) is 29.0 Å². The predicted octanol–water partition coefficient (Wildman–Crippen LogP) is 1.73. The van der Waals surface area contributed by atoms with Crippen molar-refractivity contribution in [3.05, 3.63) is 41.8 Å². The van der Waals surface area contributed by atoms with Gasteiger partial charge in [0.05, 0.1) is 5.41 Å². The van der Waals surface area contributed by atoms with E-state index in [0.29, 0.717) is 6.42 Å². The molecule has 0 spiro atoms. The molecule has 1 atom stereocenters. The summed E-state index contributed by atoms with van der Waals surface area (Å²) in [5, 5.41) is 7.39. The summed E-state index contributed by atoms with van der Waals surface area (Å²) in [6.07, 6.45) is 5.30. The van der Waals surface area contributed by atoms with Gasteiger partial charge in [-0.3, -0.25) is 4.98 Å². The van der Waals surface area contributed by atoms with Crippen molar-refractivity contribution in [1.82, 2.24) is 20.4 Å². The van der Waals surface area contributed by atoms with E-state index in [4.69, 9.17) is 4.52 Å². The Kier molecular flexibility index (Phi) is 4.17. The Morgan fingerprint density at radius 2 is 2.37 bits per heavy atom. The van der Waals surface area contributed by atoms with Crippen LogP contribution in [0.1, 0.15) is 30.6 Å². The molecule has 1 unspecified atom stereocenters. The third-order valence-corrected chi connectivity index (χ3v) is 3.44. The maximum Gasteiger partial charge on any atom is 0.233 e. The molecule has 0 aromatic carbocycles. The molecule has 1 N–H and O–H groups in total. The Hall–Kier alpha value is -1.46. The van der Waals surface area contributed by atoms with Gasteiger partial charge in [0.15, 0.2) is 5.82 Å². The Morgan fingerprint density at radius 1 is 1.47 bits per heavy atom. The summed E-state index contributed by atoms with van der Waals surface area (Å²) in [7, 11) is 0. The second-order valence-electron chi connectivity index (χ2n) is 5.04. The van der Waals surface area contributed by atoms with Crippen LogP contribution in [0.2, 0.25) is 0 Å². The monoisotopic (exact) mass is 280 g/mol. The maximum atomic E-state index is 5.40. The molecule has 3 heterocycles. The van der Waals surface area contributed by atoms with Crippen molar-refractivity contribution in [2.24, 2.45) is 0 Å². The molecular weight excluding hydrogens is 264 g/mol. The van der Waals surface area contributed by atoms with Gasteiger partial charge in [-0.05, 0) is 31.5 Å². The van der Waals surface area contributed by atoms with Crippen molar-refractivity contribution in [3.63, 3.8) is 0 Å². The van der Waals surface area contributed by atoms with Gasteiger partial charge in [-0.2, -0.15) is 4.98 Å². The first kappa shape index (κ1) is 14.0. The number of halogens is 1. The van der Waals surface area contributed by atoms with Crippen LogP contribution in [0.25, 0.3) is 0 Å². The van der Waals surface area contributed by atoms with Crippen molar-refractivity contribution in [2.75, 3.05) is 13.1 Å². The Morgan fingerprint density at radius 3 is 3.05 bits per heavy atom. The molecule has 2 aromatic heterocycles. The second-order valence-corrected chi connectivity index (χ2v) is 5.04. The van der Waals surface area contributed by atoms with Gasteiger partial charge in [-0.25, -0.2) is 0 Å². The van der Waals surface area contributed by atoms with Gasteiger partial charge in [-0.1, -0.05) is 11.2 Å². The SMILES string of the molecule is CC1(c2nc(Cc3cccnc3)no2)CCNC1.Cl. The zero-order chi connectivity index (χ0) is 12.4. The molecule has 5 nitrogen and oxygen atoms in total. The maximum absolute atomic E-state index is 5.40. The first-order chi connectivity index (χ1) is 8.76. The normalized spacial score (nSPS) is 22.2. The molecule has 1 aliphatic rings. The molecular formula is C13H17ClN4O. The Labute approximate surface area is 118 Å². The molecule has 1 saturated heterocycles. The van der Waals surface area contributed by atoms with E-state index < -0.39 is 0 Å². The highest BCUT2D eigenvalue weighted by Gasteiger charge is 2.36. The van der Waals surface area contributed by atoms with E-state index in [-0.39, 0.29) is 17.8 Å². The molecule has 19 heavy (non-hydrogen) atoms. The van der Waals surface area contributed by atoms with Crippen molar-refractivity contribution >= 4 is 12.4 Å². The lowest BCUT2D eigenvalue weighted by molar-refractivity contribution is 0.304. The average Bonchev–Trinajstić information content (AvgIpc) is 3.01. The predicted molar refractivity (Wildman–Crippen MR) is 73.4 cm³/mol. The molecule has 1 fully saturated rings. The fourth-order valence-electron chi connectivity index (χ4n) is 2.26. The molecule has 3 rings (SSSR count). The van der Waals surface area contributed by atoms with E-state index in [9.17, 15) is 0 Å². The lowest BCUT2D eigenvalue weighted by atomic mass is 9.90. The van der Waals surface area contributed by atoms with Crippen molar-refractivity contribution in [2.45, 2.75) is 25.2 Å². The molecule has 0 saturated carbocycles. The van der Waals surface area contributed by atoms with E-state index >= 15 is 0 Å². The van der Waals surface area contributed by atoms with Crippen molar-refractivity contribution in [1.29, 1.82) is 0 Å². The highest BCUT2D eigenvalue weighted by atomic mass is 35.5. The first-order valence-electron chi connectivity index (χ1n) is 6.19. The van der Waals surface area contributed by atoms with Gasteiger partial charge in [0, 0.05) is 25.4 Å². The largest absolute Gasteiger partial charge is 0.339 e. The second kappa shape index (κ2) is 5.67. The van der Waals surface area contributed by atoms with Crippen LogP contribution in [-0.4, -0.2) is 28.2 Å². The van der Waals surface area contributed by atoms with Gasteiger partial charge in [0.25, 0.3) is 0 Å². The summed E-state index contributed by atoms with van der Waals surface area (Å²) < 4.78 is 5.40. The van der Waals surface area contributed by atoms with E-state index in [1.165, 1.54) is 0 Å². The molecule has 0 radical (unpaired) electrons. The highest BCUT2D eigenvalue weighted by molar-refractivity contribution is 5.85. The zero-order valence-electron chi connectivity index (χ0n) is 10.8. The van der Waals surface area contributed by atoms with E-state index in [2.05, 4.69) is 27.4 Å². The summed E-state index contributed by atoms with van der Waals surface area (Å²) >= 11 is 0. The van der Waals surface area contributed by atoms with Crippen LogP contribution < -0.4 is 5.32 Å². The Bertz CT molecular complexity index is 522. The zero-order valence-corrected chi connectivity index (χ0v) is 11.6. The number of rotatable bonds is 3. The molecule has 1 aliphatic heterocycles. The summed E-state index contributed by atoms with van der Waals surface area (Å²) in [5.41, 5.74) is 1.08. The summed E-state index contributed by atoms with van der Waals surface area (Å²) in [6.45, 7) is 4.08. The fourth-order valence-corrected chi connectivity index (χ4v) is 2.26. The topological polar surface area (TPSA) is 63.8 Å². The minimum Gasteiger partial charge on any atom is -0.339 e. The fraction of sp³-hybridized carbons (Fsp3) is 0.462. The molecule has 2 aromatic rings. The standard InChI is InChI=1S/C13H16N4O.ClH/c1-13(4-6-15-9-13)12-16-11(17-18-12)7-10-3-2-5-14-8-10;/h2-3,5,8,15H,4,6-7,9H2,1H3;1H. The van der Waals surface area contributed by atoms with Gasteiger partial charge >= 0.3 is 0 Å². The van der Waals surface area contributed by atoms with Gasteiger partial charge < -0.3 is 9.84 Å². The molecule has 6 heteroatoms. The molecule has 0 amide bonds. The van der Waals surface area contributed by atoms with Crippen LogP contribution in [0.4, 0.5) is 0 Å². The van der Waals surface area contributed by atoms with E-state index in [1.54, 1.807) is 6.20 Å². The van der Waals surface area contributed by atoms with Crippen LogP contribution >= 0.6 is 12.4 Å². The van der Waals surface area contributed by atoms with Crippen molar-refractivity contribution < 1.29 is 4.52 Å². The average molecular weight is 281 g/mol. The third-order valence-electron chi connectivity index (χ3n) is 3.44. The molecule has 0 bridgehead atoms. The number of hydrogen-bond donors (Lipinski definition) is 1. The Balaban J connectivity index is 0.00000133. The summed E-state index contributed by atoms with van der Waals surface area (Å²) in [4.78, 5) is 8.60. The van der Waals surface area contributed by atoms with E-state index in [0.717, 1.165) is 36.8 Å². The third kappa shape index (κ3) is 2.93. The minimum atomic E-state index is -0.0137. The number of hydrogen-bond acceptors (Lipinski definition) is 5. The number of nitrogens with one attached hydrogen (secondary N) is 1. The summed E-state index contributed by atoms with van der Waals surface area (Å²) in [5.74, 6) is 1.47. The minimum absolute atomic E-state index is 0. The van der Waals surface area contributed by atoms with Crippen LogP contribution in [0.5, 0.6) is 0 Å². The smallest absolute Gasteiger partial charge is 0.233 e. The van der Waals surface area contributed by atoms with Crippen molar-refractivity contribution in [3.8, 4) is 0 Å². The quantitative estimate of drug-likeness (QED) is 0.928. The van der Waals surface area contributed by atoms with Crippen LogP contribution in [0.3, 0.4) is 0 Å². The lowest BCUT2D eigenvalue weighted by Crippen LogP contribution is -2.25. The van der Waals surface area contributed by atoms with E-state index in [1.807, 2.05) is 18.3 Å². The number of nitrogens with zero attached hydrogens (tertiary/aromatic N) is 3. The lowest BCUT2D eigenvalue weighted by Gasteiger charge is -2.15. The van der Waals surface area contributed by atoms with Gasteiger partial charge in [-0.15, -0.1) is 12.4 Å². The molecule has 0 aliphatic carbocycles. The van der Waals surface area contributed by atoms with Gasteiger partial charge in [0.1, 0.15) is 0 Å². The summed E-state index contributed by atoms with van der Waals surface area (Å²) in [6, 6.07) is 3.93. The highest BCUT2D eigenvalue weighted by Crippen LogP contribution is 2.28. The van der Waals surface area contributed by atoms with Crippen LogP contribution in [-0.2, 0) is 11.8 Å². The molecule has 102 valence electrons. The first-order valence-corrected chi connectivity index (χ1v) is 6.19. The number of pyridine rings is 1.